The third-order valence-electron chi connectivity index (χ3n) is 4.70. The van der Waals surface area contributed by atoms with E-state index in [4.69, 9.17) is 22.1 Å². The number of hydrogen-bond acceptors (Lipinski definition) is 5. The maximum absolute atomic E-state index is 12.6. The minimum atomic E-state index is -1.14. The van der Waals surface area contributed by atoms with E-state index in [1.807, 2.05) is 12.1 Å². The highest BCUT2D eigenvalue weighted by molar-refractivity contribution is 6.30. The summed E-state index contributed by atoms with van der Waals surface area (Å²) in [5.41, 5.74) is 0.436. The Labute approximate surface area is 177 Å². The number of rotatable bonds is 6. The zero-order chi connectivity index (χ0) is 21.7. The van der Waals surface area contributed by atoms with Crippen LogP contribution in [0.25, 0.3) is 5.65 Å². The lowest BCUT2D eigenvalue weighted by atomic mass is 9.78. The molecule has 0 aliphatic rings. The molecular weight excluding hydrogens is 404 g/mol. The monoisotopic (exact) mass is 420 g/mol. The molecule has 0 saturated heterocycles. The minimum Gasteiger partial charge on any atom is -0.342 e. The van der Waals surface area contributed by atoms with E-state index in [-0.39, 0.29) is 18.9 Å². The quantitative estimate of drug-likeness (QED) is 0.593. The van der Waals surface area contributed by atoms with E-state index >= 15 is 0 Å². The van der Waals surface area contributed by atoms with Crippen LogP contribution in [0.3, 0.4) is 0 Å². The van der Waals surface area contributed by atoms with Gasteiger partial charge in [0, 0.05) is 11.8 Å². The van der Waals surface area contributed by atoms with Gasteiger partial charge in [-0.3, -0.25) is 9.59 Å². The molecule has 8 nitrogen and oxygen atoms in total. The van der Waals surface area contributed by atoms with E-state index < -0.39 is 11.3 Å². The van der Waals surface area contributed by atoms with Gasteiger partial charge in [0.2, 0.25) is 5.91 Å². The second kappa shape index (κ2) is 8.64. The number of nitrogens with zero attached hydrogens (tertiary/aromatic N) is 4. The first-order valence-corrected chi connectivity index (χ1v) is 9.33. The van der Waals surface area contributed by atoms with E-state index in [0.29, 0.717) is 27.6 Å². The SMILES string of the molecule is CC(CC#N)(C(=O)NCC#N)c1ccc(C(=O)Nc2cn3cc(Cl)ccc3n2)cc1. The number of nitriles is 2. The number of hydrogen-bond donors (Lipinski definition) is 2. The van der Waals surface area contributed by atoms with Crippen molar-refractivity contribution in [3.8, 4) is 12.1 Å². The lowest BCUT2D eigenvalue weighted by Gasteiger charge is -2.26. The number of carbonyl (C=O) groups is 2. The smallest absolute Gasteiger partial charge is 0.256 e. The second-order valence-electron chi connectivity index (χ2n) is 6.78. The molecule has 1 aromatic carbocycles. The first-order chi connectivity index (χ1) is 14.4. The van der Waals surface area contributed by atoms with Gasteiger partial charge in [0.15, 0.2) is 5.82 Å². The molecule has 2 amide bonds. The molecule has 30 heavy (non-hydrogen) atoms. The number of halogens is 1. The average Bonchev–Trinajstić information content (AvgIpc) is 3.13. The van der Waals surface area contributed by atoms with Gasteiger partial charge in [0.25, 0.3) is 5.91 Å². The summed E-state index contributed by atoms with van der Waals surface area (Å²) in [5.74, 6) is -0.422. The highest BCUT2D eigenvalue weighted by Crippen LogP contribution is 2.28. The first-order valence-electron chi connectivity index (χ1n) is 8.96. The highest BCUT2D eigenvalue weighted by Gasteiger charge is 2.35. The van der Waals surface area contributed by atoms with Crippen LogP contribution in [0.4, 0.5) is 5.82 Å². The Bertz CT molecular complexity index is 1190. The van der Waals surface area contributed by atoms with Gasteiger partial charge in [-0.25, -0.2) is 4.98 Å². The largest absolute Gasteiger partial charge is 0.342 e. The van der Waals surface area contributed by atoms with Gasteiger partial charge in [0.1, 0.15) is 12.2 Å². The summed E-state index contributed by atoms with van der Waals surface area (Å²) in [6, 6.07) is 13.7. The topological polar surface area (TPSA) is 123 Å². The number of nitrogens with one attached hydrogen (secondary N) is 2. The van der Waals surface area contributed by atoms with Crippen LogP contribution in [0.15, 0.2) is 48.8 Å². The van der Waals surface area contributed by atoms with E-state index in [2.05, 4.69) is 15.6 Å². The summed E-state index contributed by atoms with van der Waals surface area (Å²) in [4.78, 5) is 29.3. The summed E-state index contributed by atoms with van der Waals surface area (Å²) in [7, 11) is 0. The zero-order valence-electron chi connectivity index (χ0n) is 16.0. The summed E-state index contributed by atoms with van der Waals surface area (Å²) < 4.78 is 1.70. The molecule has 2 aromatic heterocycles. The molecule has 150 valence electrons. The molecule has 0 aliphatic carbocycles. The molecule has 0 radical (unpaired) electrons. The van der Waals surface area contributed by atoms with Crippen molar-refractivity contribution in [1.82, 2.24) is 14.7 Å². The lowest BCUT2D eigenvalue weighted by molar-refractivity contribution is -0.125. The van der Waals surface area contributed by atoms with Gasteiger partial charge >= 0.3 is 0 Å². The van der Waals surface area contributed by atoms with E-state index in [1.165, 1.54) is 0 Å². The number of benzene rings is 1. The van der Waals surface area contributed by atoms with Crippen molar-refractivity contribution in [1.29, 1.82) is 10.5 Å². The number of imidazole rings is 1. The maximum atomic E-state index is 12.6. The highest BCUT2D eigenvalue weighted by atomic mass is 35.5. The molecular formula is C21H17ClN6O2. The summed E-state index contributed by atoms with van der Waals surface area (Å²) in [6.45, 7) is 1.48. The molecule has 2 heterocycles. The van der Waals surface area contributed by atoms with Gasteiger partial charge in [-0.1, -0.05) is 23.7 Å². The van der Waals surface area contributed by atoms with Crippen LogP contribution in [-0.4, -0.2) is 27.7 Å². The normalized spacial score (nSPS) is 12.4. The predicted molar refractivity (Wildman–Crippen MR) is 111 cm³/mol. The van der Waals surface area contributed by atoms with Crippen molar-refractivity contribution in [3.63, 3.8) is 0 Å². The van der Waals surface area contributed by atoms with Crippen molar-refractivity contribution >= 4 is 34.9 Å². The number of fused-ring (bicyclic) bond motifs is 1. The number of amides is 2. The number of aromatic nitrogens is 2. The van der Waals surface area contributed by atoms with Crippen LogP contribution in [0.2, 0.25) is 5.02 Å². The fourth-order valence-electron chi connectivity index (χ4n) is 2.99. The Kier molecular flexibility index (Phi) is 6.01. The van der Waals surface area contributed by atoms with Crippen LogP contribution >= 0.6 is 11.6 Å². The second-order valence-corrected chi connectivity index (χ2v) is 7.21. The van der Waals surface area contributed by atoms with Gasteiger partial charge in [0.05, 0.1) is 35.2 Å². The van der Waals surface area contributed by atoms with E-state index in [0.717, 1.165) is 0 Å². The summed E-state index contributed by atoms with van der Waals surface area (Å²) in [5, 5.41) is 23.6. The molecule has 0 spiro atoms. The van der Waals surface area contributed by atoms with Crippen LogP contribution in [0.1, 0.15) is 29.3 Å². The maximum Gasteiger partial charge on any atom is 0.256 e. The molecule has 0 aliphatic heterocycles. The van der Waals surface area contributed by atoms with Gasteiger partial charge in [-0.05, 0) is 36.8 Å². The minimum absolute atomic E-state index is 0.0698. The van der Waals surface area contributed by atoms with Crippen molar-refractivity contribution < 1.29 is 9.59 Å². The van der Waals surface area contributed by atoms with Crippen molar-refractivity contribution in [2.45, 2.75) is 18.8 Å². The molecule has 3 rings (SSSR count). The molecule has 2 N–H and O–H groups in total. The predicted octanol–water partition coefficient (Wildman–Crippen LogP) is 3.05. The van der Waals surface area contributed by atoms with Gasteiger partial charge < -0.3 is 15.0 Å². The summed E-state index contributed by atoms with van der Waals surface area (Å²) in [6.07, 6.45) is 3.26. The molecule has 9 heteroatoms. The first kappa shape index (κ1) is 20.8. The Balaban J connectivity index is 1.79. The number of anilines is 1. The van der Waals surface area contributed by atoms with Crippen molar-refractivity contribution in [3.05, 3.63) is 64.9 Å². The fraction of sp³-hybridized carbons (Fsp3) is 0.190. The molecule has 0 bridgehead atoms. The molecule has 1 unspecified atom stereocenters. The van der Waals surface area contributed by atoms with Crippen LogP contribution < -0.4 is 10.6 Å². The Hall–Kier alpha value is -3.88. The van der Waals surface area contributed by atoms with Crippen LogP contribution in [0.5, 0.6) is 0 Å². The average molecular weight is 421 g/mol. The Morgan fingerprint density at radius 1 is 1.13 bits per heavy atom. The lowest BCUT2D eigenvalue weighted by Crippen LogP contribution is -2.42. The Morgan fingerprint density at radius 2 is 1.87 bits per heavy atom. The van der Waals surface area contributed by atoms with Crippen LogP contribution in [0, 0.1) is 22.7 Å². The number of carbonyl (C=O) groups excluding carboxylic acids is 2. The van der Waals surface area contributed by atoms with E-state index in [9.17, 15) is 9.59 Å². The molecule has 3 aromatic rings. The third kappa shape index (κ3) is 4.24. The standard InChI is InChI=1S/C21H17ClN6O2/c1-21(8-9-23,20(30)25-11-10-24)15-4-2-14(3-5-15)19(29)27-17-13-28-12-16(22)6-7-18(28)26-17/h2-7,12-13H,8,11H2,1H3,(H,25,30)(H,27,29). The fourth-order valence-corrected chi connectivity index (χ4v) is 3.16. The van der Waals surface area contributed by atoms with Gasteiger partial charge in [-0.15, -0.1) is 0 Å². The van der Waals surface area contributed by atoms with Gasteiger partial charge in [-0.2, -0.15) is 10.5 Å². The third-order valence-corrected chi connectivity index (χ3v) is 4.93. The zero-order valence-corrected chi connectivity index (χ0v) is 16.8. The molecule has 0 fully saturated rings. The molecule has 0 saturated carbocycles. The molecule has 1 atom stereocenters. The Morgan fingerprint density at radius 3 is 2.53 bits per heavy atom. The van der Waals surface area contributed by atoms with Crippen molar-refractivity contribution in [2.75, 3.05) is 11.9 Å². The summed E-state index contributed by atoms with van der Waals surface area (Å²) >= 11 is 5.95. The van der Waals surface area contributed by atoms with E-state index in [1.54, 1.807) is 60.1 Å². The van der Waals surface area contributed by atoms with Crippen molar-refractivity contribution in [2.24, 2.45) is 0 Å². The number of pyridine rings is 1. The van der Waals surface area contributed by atoms with Crippen LogP contribution in [-0.2, 0) is 10.2 Å².